The second kappa shape index (κ2) is 6.34. The van der Waals surface area contributed by atoms with Crippen molar-refractivity contribution in [2.45, 2.75) is 12.5 Å². The van der Waals surface area contributed by atoms with E-state index in [1.54, 1.807) is 12.1 Å². The Morgan fingerprint density at radius 2 is 2.00 bits per heavy atom. The summed E-state index contributed by atoms with van der Waals surface area (Å²) >= 11 is 6.16. The molecule has 1 saturated heterocycles. The van der Waals surface area contributed by atoms with Gasteiger partial charge in [-0.2, -0.15) is 0 Å². The molecule has 0 radical (unpaired) electrons. The number of benzene rings is 1. The molecule has 3 amide bonds. The molecule has 0 saturated carbocycles. The summed E-state index contributed by atoms with van der Waals surface area (Å²) in [7, 11) is 0. The summed E-state index contributed by atoms with van der Waals surface area (Å²) in [6.07, 6.45) is 4.48. The lowest BCUT2D eigenvalue weighted by atomic mass is 10.1. The highest BCUT2D eigenvalue weighted by Crippen LogP contribution is 2.21. The molecule has 0 aliphatic carbocycles. The monoisotopic (exact) mass is 332 g/mol. The van der Waals surface area contributed by atoms with Gasteiger partial charge in [-0.3, -0.25) is 4.79 Å². The summed E-state index contributed by atoms with van der Waals surface area (Å²) in [5.41, 5.74) is 6.52. The van der Waals surface area contributed by atoms with E-state index < -0.39 is 6.03 Å². The van der Waals surface area contributed by atoms with E-state index in [2.05, 4.69) is 5.32 Å². The fraction of sp³-hybridized carbons (Fsp3) is 0.250. The molecule has 3 rings (SSSR count). The van der Waals surface area contributed by atoms with Crippen LogP contribution in [0.3, 0.4) is 0 Å². The Kier molecular flexibility index (Phi) is 4.25. The number of carbonyl (C=O) groups excluding carboxylic acids is 2. The number of nitrogens with two attached hydrogens (primary N) is 1. The first-order valence-electron chi connectivity index (χ1n) is 7.33. The van der Waals surface area contributed by atoms with Crippen LogP contribution in [0.25, 0.3) is 5.69 Å². The first-order valence-corrected chi connectivity index (χ1v) is 7.70. The SMILES string of the molecule is NC(=O)N1CCC(NC(=O)c2cc(-n3cccc3)ccc2Cl)C1. The molecule has 1 aromatic heterocycles. The van der Waals surface area contributed by atoms with Crippen LogP contribution in [-0.2, 0) is 0 Å². The summed E-state index contributed by atoms with van der Waals surface area (Å²) < 4.78 is 1.90. The lowest BCUT2D eigenvalue weighted by molar-refractivity contribution is 0.0938. The van der Waals surface area contributed by atoms with Crippen LogP contribution in [0, 0.1) is 0 Å². The van der Waals surface area contributed by atoms with E-state index in [4.69, 9.17) is 17.3 Å². The topological polar surface area (TPSA) is 80.4 Å². The average Bonchev–Trinajstić information content (AvgIpc) is 3.18. The number of nitrogens with zero attached hydrogens (tertiary/aromatic N) is 2. The Morgan fingerprint density at radius 1 is 1.26 bits per heavy atom. The number of aromatic nitrogens is 1. The van der Waals surface area contributed by atoms with Crippen molar-refractivity contribution in [3.63, 3.8) is 0 Å². The zero-order valence-corrected chi connectivity index (χ0v) is 13.2. The molecule has 6 nitrogen and oxygen atoms in total. The fourth-order valence-electron chi connectivity index (χ4n) is 2.70. The van der Waals surface area contributed by atoms with Gasteiger partial charge in [0.1, 0.15) is 0 Å². The van der Waals surface area contributed by atoms with Crippen LogP contribution in [0.5, 0.6) is 0 Å². The van der Waals surface area contributed by atoms with Gasteiger partial charge < -0.3 is 20.5 Å². The van der Waals surface area contributed by atoms with Gasteiger partial charge >= 0.3 is 6.03 Å². The van der Waals surface area contributed by atoms with Crippen LogP contribution in [0.1, 0.15) is 16.8 Å². The zero-order valence-electron chi connectivity index (χ0n) is 12.4. The maximum Gasteiger partial charge on any atom is 0.314 e. The maximum absolute atomic E-state index is 12.5. The summed E-state index contributed by atoms with van der Waals surface area (Å²) in [5.74, 6) is -0.250. The van der Waals surface area contributed by atoms with Crippen molar-refractivity contribution < 1.29 is 9.59 Å². The van der Waals surface area contributed by atoms with E-state index >= 15 is 0 Å². The molecular weight excluding hydrogens is 316 g/mol. The van der Waals surface area contributed by atoms with Gasteiger partial charge in [-0.15, -0.1) is 0 Å². The van der Waals surface area contributed by atoms with Crippen molar-refractivity contribution in [3.05, 3.63) is 53.3 Å². The van der Waals surface area contributed by atoms with E-state index in [-0.39, 0.29) is 11.9 Å². The number of likely N-dealkylation sites (tertiary alicyclic amines) is 1. The smallest absolute Gasteiger partial charge is 0.314 e. The first kappa shape index (κ1) is 15.4. The van der Waals surface area contributed by atoms with E-state index in [0.29, 0.717) is 30.1 Å². The standard InChI is InChI=1S/C16H17ClN4O2/c17-14-4-3-12(20-6-1-2-7-20)9-13(14)15(22)19-11-5-8-21(10-11)16(18)23/h1-4,6-7,9,11H,5,8,10H2,(H2,18,23)(H,19,22). The van der Waals surface area contributed by atoms with E-state index in [1.807, 2.05) is 35.2 Å². The zero-order chi connectivity index (χ0) is 16.4. The third-order valence-corrected chi connectivity index (χ3v) is 4.26. The molecule has 1 atom stereocenters. The molecule has 1 aromatic carbocycles. The average molecular weight is 333 g/mol. The molecule has 23 heavy (non-hydrogen) atoms. The number of carbonyl (C=O) groups is 2. The molecule has 0 spiro atoms. The number of amides is 3. The Bertz CT molecular complexity index is 730. The quantitative estimate of drug-likeness (QED) is 0.901. The minimum absolute atomic E-state index is 0.110. The van der Waals surface area contributed by atoms with Crippen LogP contribution in [0.15, 0.2) is 42.7 Å². The highest BCUT2D eigenvalue weighted by atomic mass is 35.5. The first-order chi connectivity index (χ1) is 11.0. The van der Waals surface area contributed by atoms with Gasteiger partial charge in [0.2, 0.25) is 0 Å². The third kappa shape index (κ3) is 3.32. The van der Waals surface area contributed by atoms with Crippen molar-refractivity contribution in [1.82, 2.24) is 14.8 Å². The molecule has 1 unspecified atom stereocenters. The Balaban J connectivity index is 1.75. The third-order valence-electron chi connectivity index (χ3n) is 3.93. The number of urea groups is 1. The van der Waals surface area contributed by atoms with Crippen molar-refractivity contribution >= 4 is 23.5 Å². The number of primary amides is 1. The molecule has 1 aliphatic heterocycles. The number of nitrogens with one attached hydrogen (secondary N) is 1. The van der Waals surface area contributed by atoms with Crippen LogP contribution in [0.4, 0.5) is 4.79 Å². The molecule has 2 aromatic rings. The molecular formula is C16H17ClN4O2. The number of hydrogen-bond donors (Lipinski definition) is 2. The molecule has 0 bridgehead atoms. The maximum atomic E-state index is 12.5. The normalized spacial score (nSPS) is 17.3. The largest absolute Gasteiger partial charge is 0.351 e. The second-order valence-corrected chi connectivity index (χ2v) is 5.90. The van der Waals surface area contributed by atoms with Crippen LogP contribution in [-0.4, -0.2) is 40.5 Å². The van der Waals surface area contributed by atoms with Crippen LogP contribution in [0.2, 0.25) is 5.02 Å². The predicted octanol–water partition coefficient (Wildman–Crippen LogP) is 2.01. The molecule has 7 heteroatoms. The van der Waals surface area contributed by atoms with Gasteiger partial charge in [-0.05, 0) is 36.8 Å². The second-order valence-electron chi connectivity index (χ2n) is 5.50. The van der Waals surface area contributed by atoms with Gasteiger partial charge in [0, 0.05) is 37.2 Å². The molecule has 1 aliphatic rings. The van der Waals surface area contributed by atoms with Crippen LogP contribution >= 0.6 is 11.6 Å². The number of halogens is 1. The van der Waals surface area contributed by atoms with Crippen LogP contribution < -0.4 is 11.1 Å². The Morgan fingerprint density at radius 3 is 2.65 bits per heavy atom. The van der Waals surface area contributed by atoms with Gasteiger partial charge in [-0.1, -0.05) is 11.6 Å². The minimum atomic E-state index is -0.464. The predicted molar refractivity (Wildman–Crippen MR) is 87.8 cm³/mol. The Labute approximate surface area is 138 Å². The fourth-order valence-corrected chi connectivity index (χ4v) is 2.90. The summed E-state index contributed by atoms with van der Waals surface area (Å²) in [5, 5.41) is 3.30. The Hall–Kier alpha value is -2.47. The molecule has 2 heterocycles. The number of rotatable bonds is 3. The van der Waals surface area contributed by atoms with Gasteiger partial charge in [0.25, 0.3) is 5.91 Å². The lowest BCUT2D eigenvalue weighted by Gasteiger charge is -2.15. The van der Waals surface area contributed by atoms with E-state index in [1.165, 1.54) is 4.90 Å². The van der Waals surface area contributed by atoms with Gasteiger partial charge in [-0.25, -0.2) is 4.79 Å². The molecule has 120 valence electrons. The summed E-state index contributed by atoms with van der Waals surface area (Å²) in [4.78, 5) is 25.1. The molecule has 3 N–H and O–H groups in total. The van der Waals surface area contributed by atoms with E-state index in [0.717, 1.165) is 5.69 Å². The van der Waals surface area contributed by atoms with Crippen molar-refractivity contribution in [3.8, 4) is 5.69 Å². The summed E-state index contributed by atoms with van der Waals surface area (Å²) in [6, 6.07) is 8.55. The highest BCUT2D eigenvalue weighted by Gasteiger charge is 2.26. The number of hydrogen-bond acceptors (Lipinski definition) is 2. The molecule has 1 fully saturated rings. The van der Waals surface area contributed by atoms with Crippen molar-refractivity contribution in [2.75, 3.05) is 13.1 Å². The van der Waals surface area contributed by atoms with Gasteiger partial charge in [0.05, 0.1) is 10.6 Å². The highest BCUT2D eigenvalue weighted by molar-refractivity contribution is 6.33. The minimum Gasteiger partial charge on any atom is -0.351 e. The lowest BCUT2D eigenvalue weighted by Crippen LogP contribution is -2.40. The van der Waals surface area contributed by atoms with Crippen molar-refractivity contribution in [1.29, 1.82) is 0 Å². The summed E-state index contributed by atoms with van der Waals surface area (Å²) in [6.45, 7) is 0.980. The van der Waals surface area contributed by atoms with Gasteiger partial charge in [0.15, 0.2) is 0 Å². The van der Waals surface area contributed by atoms with Crippen molar-refractivity contribution in [2.24, 2.45) is 5.73 Å². The van der Waals surface area contributed by atoms with E-state index in [9.17, 15) is 9.59 Å².